The van der Waals surface area contributed by atoms with Crippen LogP contribution in [0.1, 0.15) is 24.5 Å². The highest BCUT2D eigenvalue weighted by atomic mass is 19.3. The van der Waals surface area contributed by atoms with Gasteiger partial charge in [0.25, 0.3) is 6.43 Å². The van der Waals surface area contributed by atoms with E-state index in [1.165, 1.54) is 6.92 Å². The smallest absolute Gasteiger partial charge is 0.367 e. The van der Waals surface area contributed by atoms with Crippen molar-refractivity contribution in [1.29, 1.82) is 0 Å². The Balaban J connectivity index is 3.24. The van der Waals surface area contributed by atoms with Crippen molar-refractivity contribution < 1.29 is 27.6 Å². The number of carbonyl (C=O) groups excluding carboxylic acids is 1. The third-order valence-electron chi connectivity index (χ3n) is 2.13. The van der Waals surface area contributed by atoms with E-state index in [9.17, 15) is 28.1 Å². The molecule has 1 heterocycles. The number of alkyl halides is 2. The monoisotopic (exact) mass is 278 g/mol. The first-order chi connectivity index (χ1) is 8.86. The lowest BCUT2D eigenvalue weighted by Gasteiger charge is -2.07. The number of hydrogen-bond donors (Lipinski definition) is 0. The van der Waals surface area contributed by atoms with Gasteiger partial charge in [-0.2, -0.15) is 4.39 Å². The summed E-state index contributed by atoms with van der Waals surface area (Å²) in [6, 6.07) is 0.640. The predicted octanol–water partition coefficient (Wildman–Crippen LogP) is 2.17. The summed E-state index contributed by atoms with van der Waals surface area (Å²) in [5.41, 5.74) is -1.63. The van der Waals surface area contributed by atoms with Gasteiger partial charge in [0.05, 0.1) is 13.0 Å². The minimum Gasteiger partial charge on any atom is -0.466 e. The Bertz CT molecular complexity index is 508. The minimum absolute atomic E-state index is 0.0124. The summed E-state index contributed by atoms with van der Waals surface area (Å²) in [6.07, 6.45) is -3.92. The van der Waals surface area contributed by atoms with Gasteiger partial charge in [0.1, 0.15) is 5.56 Å². The first kappa shape index (κ1) is 14.9. The lowest BCUT2D eigenvalue weighted by molar-refractivity contribution is -0.390. The highest BCUT2D eigenvalue weighted by Crippen LogP contribution is 2.28. The number of rotatable bonds is 5. The van der Waals surface area contributed by atoms with Crippen LogP contribution in [-0.2, 0) is 16.0 Å². The number of ether oxygens (including phenoxy) is 1. The lowest BCUT2D eigenvalue weighted by atomic mass is 10.1. The fraction of sp³-hybridized carbons (Fsp3) is 0.400. The van der Waals surface area contributed by atoms with Crippen molar-refractivity contribution in [2.45, 2.75) is 19.8 Å². The SMILES string of the molecule is CCOC(=O)Cc1cc([N+](=O)[O-])nc(F)c1C(F)F. The molecular weight excluding hydrogens is 269 g/mol. The van der Waals surface area contributed by atoms with E-state index in [1.54, 1.807) is 0 Å². The van der Waals surface area contributed by atoms with Crippen molar-refractivity contribution in [1.82, 2.24) is 4.98 Å². The van der Waals surface area contributed by atoms with Crippen LogP contribution in [0.2, 0.25) is 0 Å². The van der Waals surface area contributed by atoms with Crippen LogP contribution in [0.3, 0.4) is 0 Å². The maximum Gasteiger partial charge on any atom is 0.367 e. The lowest BCUT2D eigenvalue weighted by Crippen LogP contribution is -2.12. The van der Waals surface area contributed by atoms with Crippen LogP contribution in [0, 0.1) is 16.1 Å². The summed E-state index contributed by atoms with van der Waals surface area (Å²) in [6.45, 7) is 1.51. The maximum atomic E-state index is 13.3. The summed E-state index contributed by atoms with van der Waals surface area (Å²) < 4.78 is 43.1. The fourth-order valence-electron chi connectivity index (χ4n) is 1.40. The van der Waals surface area contributed by atoms with Crippen molar-refractivity contribution in [3.05, 3.63) is 33.3 Å². The molecule has 0 aliphatic rings. The van der Waals surface area contributed by atoms with Crippen LogP contribution in [0.4, 0.5) is 19.0 Å². The van der Waals surface area contributed by atoms with Gasteiger partial charge in [0.2, 0.25) is 0 Å². The third kappa shape index (κ3) is 3.63. The molecule has 0 atom stereocenters. The molecule has 1 aromatic rings. The van der Waals surface area contributed by atoms with Crippen molar-refractivity contribution in [2.24, 2.45) is 0 Å². The molecule has 0 fully saturated rings. The number of esters is 1. The van der Waals surface area contributed by atoms with E-state index in [1.807, 2.05) is 0 Å². The highest BCUT2D eigenvalue weighted by Gasteiger charge is 2.28. The van der Waals surface area contributed by atoms with Crippen LogP contribution in [0.5, 0.6) is 0 Å². The molecule has 0 bridgehead atoms. The van der Waals surface area contributed by atoms with E-state index in [2.05, 4.69) is 9.72 Å². The molecule has 0 saturated carbocycles. The molecule has 0 amide bonds. The normalized spacial score (nSPS) is 10.6. The van der Waals surface area contributed by atoms with E-state index >= 15 is 0 Å². The Morgan fingerprint density at radius 3 is 2.68 bits per heavy atom. The highest BCUT2D eigenvalue weighted by molar-refractivity contribution is 5.73. The van der Waals surface area contributed by atoms with Gasteiger partial charge in [0, 0.05) is 6.07 Å². The van der Waals surface area contributed by atoms with Gasteiger partial charge in [-0.15, -0.1) is 0 Å². The first-order valence-corrected chi connectivity index (χ1v) is 5.14. The van der Waals surface area contributed by atoms with Gasteiger partial charge in [-0.1, -0.05) is 0 Å². The number of nitrogens with zero attached hydrogens (tertiary/aromatic N) is 2. The summed E-state index contributed by atoms with van der Waals surface area (Å²) >= 11 is 0. The molecule has 0 unspecified atom stereocenters. The van der Waals surface area contributed by atoms with Crippen LogP contribution < -0.4 is 0 Å². The molecular formula is C10H9F3N2O4. The Kier molecular flexibility index (Phi) is 4.79. The number of pyridine rings is 1. The van der Waals surface area contributed by atoms with Crippen molar-refractivity contribution in [3.63, 3.8) is 0 Å². The number of carbonyl (C=O) groups is 1. The molecule has 0 aromatic carbocycles. The molecule has 0 radical (unpaired) electrons. The van der Waals surface area contributed by atoms with Crippen LogP contribution in [0.25, 0.3) is 0 Å². The molecule has 0 spiro atoms. The summed E-state index contributed by atoms with van der Waals surface area (Å²) in [4.78, 5) is 23.4. The second kappa shape index (κ2) is 6.12. The Morgan fingerprint density at radius 2 is 2.21 bits per heavy atom. The molecule has 0 aliphatic heterocycles. The average molecular weight is 278 g/mol. The molecule has 104 valence electrons. The molecule has 1 aromatic heterocycles. The van der Waals surface area contributed by atoms with Crippen molar-refractivity contribution in [3.8, 4) is 0 Å². The summed E-state index contributed by atoms with van der Waals surface area (Å²) in [7, 11) is 0. The quantitative estimate of drug-likeness (QED) is 0.357. The fourth-order valence-corrected chi connectivity index (χ4v) is 1.40. The van der Waals surface area contributed by atoms with Crippen LogP contribution in [0.15, 0.2) is 6.07 Å². The second-order valence-electron chi connectivity index (χ2n) is 3.38. The second-order valence-corrected chi connectivity index (χ2v) is 3.38. The molecule has 6 nitrogen and oxygen atoms in total. The molecule has 1 rings (SSSR count). The largest absolute Gasteiger partial charge is 0.466 e. The topological polar surface area (TPSA) is 82.3 Å². The Morgan fingerprint density at radius 1 is 1.58 bits per heavy atom. The maximum absolute atomic E-state index is 13.3. The van der Waals surface area contributed by atoms with Crippen LogP contribution >= 0.6 is 0 Å². The van der Waals surface area contributed by atoms with E-state index < -0.39 is 46.6 Å². The standard InChI is InChI=1S/C10H9F3N2O4/c1-2-19-7(16)4-5-3-6(15(17)18)14-10(13)8(5)9(11)12/h3,9H,2,4H2,1H3. The van der Waals surface area contributed by atoms with E-state index in [-0.39, 0.29) is 6.61 Å². The number of halogens is 3. The number of aromatic nitrogens is 1. The zero-order chi connectivity index (χ0) is 14.6. The summed E-state index contributed by atoms with van der Waals surface area (Å²) in [5, 5.41) is 10.5. The van der Waals surface area contributed by atoms with E-state index in [0.717, 1.165) is 0 Å². The zero-order valence-corrected chi connectivity index (χ0v) is 9.73. The Labute approximate surface area is 105 Å². The van der Waals surface area contributed by atoms with Gasteiger partial charge < -0.3 is 14.9 Å². The Hall–Kier alpha value is -2.19. The minimum atomic E-state index is -3.24. The molecule has 0 N–H and O–H groups in total. The average Bonchev–Trinajstić information content (AvgIpc) is 2.27. The number of hydrogen-bond acceptors (Lipinski definition) is 5. The van der Waals surface area contributed by atoms with Gasteiger partial charge in [0.15, 0.2) is 0 Å². The van der Waals surface area contributed by atoms with Crippen molar-refractivity contribution >= 4 is 11.8 Å². The molecule has 19 heavy (non-hydrogen) atoms. The molecule has 9 heteroatoms. The van der Waals surface area contributed by atoms with Gasteiger partial charge in [-0.3, -0.25) is 4.79 Å². The molecule has 0 aliphatic carbocycles. The van der Waals surface area contributed by atoms with Gasteiger partial charge in [-0.05, 0) is 22.4 Å². The van der Waals surface area contributed by atoms with Gasteiger partial charge >= 0.3 is 17.7 Å². The summed E-state index contributed by atoms with van der Waals surface area (Å²) in [5.74, 6) is -3.49. The van der Waals surface area contributed by atoms with E-state index in [0.29, 0.717) is 6.07 Å². The van der Waals surface area contributed by atoms with Crippen molar-refractivity contribution in [2.75, 3.05) is 6.61 Å². The zero-order valence-electron chi connectivity index (χ0n) is 9.73. The predicted molar refractivity (Wildman–Crippen MR) is 56.1 cm³/mol. The number of nitro groups is 1. The van der Waals surface area contributed by atoms with Gasteiger partial charge in [-0.25, -0.2) is 8.78 Å². The first-order valence-electron chi connectivity index (χ1n) is 5.14. The van der Waals surface area contributed by atoms with Crippen LogP contribution in [-0.4, -0.2) is 22.5 Å². The van der Waals surface area contributed by atoms with E-state index in [4.69, 9.17) is 0 Å². The molecule has 0 saturated heterocycles. The third-order valence-corrected chi connectivity index (χ3v) is 2.13.